The van der Waals surface area contributed by atoms with Crippen LogP contribution in [0.4, 0.5) is 17.6 Å². The van der Waals surface area contributed by atoms with E-state index in [9.17, 15) is 17.6 Å². The van der Waals surface area contributed by atoms with E-state index in [4.69, 9.17) is 0 Å². The van der Waals surface area contributed by atoms with Crippen LogP contribution < -0.4 is 0 Å². The Labute approximate surface area is 88.7 Å². The topological polar surface area (TPSA) is 12.9 Å². The molecule has 0 saturated carbocycles. The third kappa shape index (κ3) is 1.85. The second kappa shape index (κ2) is 4.08. The standard InChI is InChI=1S/C11H7F4N/c12-10(13)7-5-9(11(14)15)16-8-4-2-1-3-6(7)8/h1-5,10-11H. The van der Waals surface area contributed by atoms with Crippen LogP contribution in [0.5, 0.6) is 0 Å². The van der Waals surface area contributed by atoms with E-state index in [1.54, 1.807) is 12.1 Å². The molecule has 0 bridgehead atoms. The van der Waals surface area contributed by atoms with E-state index >= 15 is 0 Å². The van der Waals surface area contributed by atoms with Gasteiger partial charge in [0.25, 0.3) is 12.9 Å². The molecule has 0 radical (unpaired) electrons. The molecule has 0 amide bonds. The van der Waals surface area contributed by atoms with Gasteiger partial charge in [0, 0.05) is 10.9 Å². The number of para-hydroxylation sites is 1. The third-order valence-electron chi connectivity index (χ3n) is 2.23. The van der Waals surface area contributed by atoms with Crippen LogP contribution in [-0.4, -0.2) is 4.98 Å². The molecule has 0 saturated heterocycles. The van der Waals surface area contributed by atoms with Gasteiger partial charge in [0.15, 0.2) is 0 Å². The molecule has 0 atom stereocenters. The fraction of sp³-hybridized carbons (Fsp3) is 0.182. The smallest absolute Gasteiger partial charge is 0.247 e. The van der Waals surface area contributed by atoms with Gasteiger partial charge in [-0.3, -0.25) is 0 Å². The maximum atomic E-state index is 12.7. The van der Waals surface area contributed by atoms with Gasteiger partial charge in [-0.1, -0.05) is 18.2 Å². The normalized spacial score (nSPS) is 11.6. The van der Waals surface area contributed by atoms with Crippen molar-refractivity contribution in [1.82, 2.24) is 4.98 Å². The molecule has 16 heavy (non-hydrogen) atoms. The van der Waals surface area contributed by atoms with Crippen molar-refractivity contribution in [2.75, 3.05) is 0 Å². The lowest BCUT2D eigenvalue weighted by Gasteiger charge is -2.08. The summed E-state index contributed by atoms with van der Waals surface area (Å²) in [4.78, 5) is 3.63. The van der Waals surface area contributed by atoms with E-state index in [-0.39, 0.29) is 10.9 Å². The average Bonchev–Trinajstić information content (AvgIpc) is 2.27. The highest BCUT2D eigenvalue weighted by Gasteiger charge is 2.17. The fourth-order valence-electron chi connectivity index (χ4n) is 1.52. The average molecular weight is 229 g/mol. The number of hydrogen-bond donors (Lipinski definition) is 0. The van der Waals surface area contributed by atoms with E-state index in [1.807, 2.05) is 0 Å². The molecule has 5 heteroatoms. The van der Waals surface area contributed by atoms with Crippen molar-refractivity contribution in [2.45, 2.75) is 12.9 Å². The van der Waals surface area contributed by atoms with Gasteiger partial charge in [0.05, 0.1) is 5.52 Å². The Morgan fingerprint density at radius 2 is 1.62 bits per heavy atom. The first-order valence-corrected chi connectivity index (χ1v) is 4.55. The Kier molecular flexibility index (Phi) is 2.77. The molecule has 0 spiro atoms. The lowest BCUT2D eigenvalue weighted by molar-refractivity contribution is 0.141. The van der Waals surface area contributed by atoms with Gasteiger partial charge in [-0.05, 0) is 12.1 Å². The van der Waals surface area contributed by atoms with Crippen molar-refractivity contribution >= 4 is 10.9 Å². The molecular formula is C11H7F4N. The second-order valence-electron chi connectivity index (χ2n) is 3.25. The van der Waals surface area contributed by atoms with Gasteiger partial charge in [-0.2, -0.15) is 0 Å². The SMILES string of the molecule is FC(F)c1cc(C(F)F)c2ccccc2n1. The van der Waals surface area contributed by atoms with E-state index in [1.165, 1.54) is 12.1 Å². The molecule has 0 unspecified atom stereocenters. The highest BCUT2D eigenvalue weighted by atomic mass is 19.3. The van der Waals surface area contributed by atoms with Gasteiger partial charge in [0.1, 0.15) is 5.69 Å². The monoisotopic (exact) mass is 229 g/mol. The second-order valence-corrected chi connectivity index (χ2v) is 3.25. The maximum absolute atomic E-state index is 12.7. The van der Waals surface area contributed by atoms with Crippen LogP contribution >= 0.6 is 0 Å². The van der Waals surface area contributed by atoms with Crippen LogP contribution in [0, 0.1) is 0 Å². The number of benzene rings is 1. The van der Waals surface area contributed by atoms with Gasteiger partial charge < -0.3 is 0 Å². The van der Waals surface area contributed by atoms with Gasteiger partial charge in [0.2, 0.25) is 0 Å². The first-order chi connectivity index (χ1) is 7.59. The minimum Gasteiger partial charge on any atom is -0.247 e. The molecule has 2 rings (SSSR count). The number of nitrogens with zero attached hydrogens (tertiary/aromatic N) is 1. The van der Waals surface area contributed by atoms with Crippen LogP contribution in [0.2, 0.25) is 0 Å². The van der Waals surface area contributed by atoms with Crippen LogP contribution in [0.15, 0.2) is 30.3 Å². The lowest BCUT2D eigenvalue weighted by Crippen LogP contribution is -1.96. The van der Waals surface area contributed by atoms with Gasteiger partial charge >= 0.3 is 0 Å². The first kappa shape index (κ1) is 10.9. The highest BCUT2D eigenvalue weighted by molar-refractivity contribution is 5.82. The lowest BCUT2D eigenvalue weighted by atomic mass is 10.1. The molecule has 1 aromatic carbocycles. The maximum Gasteiger partial charge on any atom is 0.280 e. The number of halogens is 4. The molecule has 0 aliphatic carbocycles. The Morgan fingerprint density at radius 3 is 2.25 bits per heavy atom. The van der Waals surface area contributed by atoms with Gasteiger partial charge in [-0.15, -0.1) is 0 Å². The zero-order valence-electron chi connectivity index (χ0n) is 8.00. The van der Waals surface area contributed by atoms with E-state index in [2.05, 4.69) is 4.98 Å². The van der Waals surface area contributed by atoms with Crippen molar-refractivity contribution in [3.8, 4) is 0 Å². The minimum absolute atomic E-state index is 0.163. The summed E-state index contributed by atoms with van der Waals surface area (Å²) in [6.07, 6.45) is -5.63. The molecular weight excluding hydrogens is 222 g/mol. The van der Waals surface area contributed by atoms with E-state index < -0.39 is 24.1 Å². The molecule has 0 fully saturated rings. The van der Waals surface area contributed by atoms with Crippen molar-refractivity contribution in [2.24, 2.45) is 0 Å². The third-order valence-corrected chi connectivity index (χ3v) is 2.23. The summed E-state index contributed by atoms with van der Waals surface area (Å²) in [6, 6.07) is 6.78. The van der Waals surface area contributed by atoms with E-state index in [0.717, 1.165) is 6.07 Å². The number of fused-ring (bicyclic) bond motifs is 1. The molecule has 0 aliphatic heterocycles. The minimum atomic E-state index is -2.85. The number of aromatic nitrogens is 1. The Bertz CT molecular complexity index is 510. The van der Waals surface area contributed by atoms with Crippen molar-refractivity contribution < 1.29 is 17.6 Å². The summed E-state index contributed by atoms with van der Waals surface area (Å²) in [5.41, 5.74) is -0.856. The first-order valence-electron chi connectivity index (χ1n) is 4.55. The molecule has 0 N–H and O–H groups in total. The van der Waals surface area contributed by atoms with Crippen molar-refractivity contribution in [1.29, 1.82) is 0 Å². The summed E-state index contributed by atoms with van der Waals surface area (Å²) in [5, 5.41) is 0.210. The van der Waals surface area contributed by atoms with Crippen LogP contribution in [0.25, 0.3) is 10.9 Å². The largest absolute Gasteiger partial charge is 0.280 e. The van der Waals surface area contributed by atoms with Crippen LogP contribution in [0.3, 0.4) is 0 Å². The Morgan fingerprint density at radius 1 is 0.938 bits per heavy atom. The Hall–Kier alpha value is -1.65. The molecule has 84 valence electrons. The molecule has 2 aromatic rings. The summed E-state index contributed by atoms with van der Waals surface area (Å²) in [6.45, 7) is 0. The Balaban J connectivity index is 2.74. The molecule has 0 aliphatic rings. The molecule has 1 aromatic heterocycles. The predicted molar refractivity (Wildman–Crippen MR) is 51.7 cm³/mol. The number of pyridine rings is 1. The number of alkyl halides is 4. The van der Waals surface area contributed by atoms with Crippen LogP contribution in [-0.2, 0) is 0 Å². The highest BCUT2D eigenvalue weighted by Crippen LogP contribution is 2.30. The summed E-state index contributed by atoms with van der Waals surface area (Å²) in [5.74, 6) is 0. The fourth-order valence-corrected chi connectivity index (χ4v) is 1.52. The van der Waals surface area contributed by atoms with Crippen LogP contribution in [0.1, 0.15) is 24.1 Å². The number of rotatable bonds is 2. The van der Waals surface area contributed by atoms with Crippen molar-refractivity contribution in [3.63, 3.8) is 0 Å². The van der Waals surface area contributed by atoms with Gasteiger partial charge in [-0.25, -0.2) is 22.5 Å². The summed E-state index contributed by atoms with van der Waals surface area (Å²) in [7, 11) is 0. The summed E-state index contributed by atoms with van der Waals surface area (Å²) >= 11 is 0. The summed E-state index contributed by atoms with van der Waals surface area (Å²) < 4.78 is 50.2. The van der Waals surface area contributed by atoms with Crippen molar-refractivity contribution in [3.05, 3.63) is 41.6 Å². The predicted octanol–water partition coefficient (Wildman–Crippen LogP) is 4.11. The molecule has 1 heterocycles. The quantitative estimate of drug-likeness (QED) is 0.706. The zero-order chi connectivity index (χ0) is 11.7. The number of hydrogen-bond acceptors (Lipinski definition) is 1. The molecule has 1 nitrogen and oxygen atoms in total. The zero-order valence-corrected chi connectivity index (χ0v) is 8.00. The van der Waals surface area contributed by atoms with E-state index in [0.29, 0.717) is 0 Å².